The van der Waals surface area contributed by atoms with Crippen LogP contribution in [0.5, 0.6) is 0 Å². The molecule has 3 N–H and O–H groups in total. The average Bonchev–Trinajstić information content (AvgIpc) is 2.41. The Morgan fingerprint density at radius 1 is 1.14 bits per heavy atom. The minimum atomic E-state index is -3.83. The summed E-state index contributed by atoms with van der Waals surface area (Å²) in [5, 5.41) is 10.8. The summed E-state index contributed by atoms with van der Waals surface area (Å²) in [6, 6.07) is 9.58. The van der Waals surface area contributed by atoms with E-state index in [1.807, 2.05) is 0 Å². The third kappa shape index (κ3) is 3.50. The number of hydrogen-bond acceptors (Lipinski definition) is 5. The molecule has 0 amide bonds. The van der Waals surface area contributed by atoms with Crippen molar-refractivity contribution in [1.29, 1.82) is 0 Å². The summed E-state index contributed by atoms with van der Waals surface area (Å²) < 4.78 is 26.8. The highest BCUT2D eigenvalue weighted by atomic mass is 79.9. The lowest BCUT2D eigenvalue weighted by atomic mass is 10.3. The molecule has 0 radical (unpaired) electrons. The Morgan fingerprint density at radius 2 is 1.76 bits per heavy atom. The number of nitro groups is 1. The van der Waals surface area contributed by atoms with E-state index >= 15 is 0 Å². The molecule has 0 spiro atoms. The Balaban J connectivity index is 2.35. The molecular weight excluding hydrogens is 362 g/mol. The van der Waals surface area contributed by atoms with Crippen molar-refractivity contribution in [2.24, 2.45) is 0 Å². The van der Waals surface area contributed by atoms with Crippen molar-refractivity contribution < 1.29 is 13.3 Å². The monoisotopic (exact) mass is 371 g/mol. The maximum absolute atomic E-state index is 12.1. The average molecular weight is 372 g/mol. The Hall–Kier alpha value is -2.13. The van der Waals surface area contributed by atoms with Gasteiger partial charge in [-0.15, -0.1) is 0 Å². The largest absolute Gasteiger partial charge is 0.399 e. The first kappa shape index (κ1) is 15.3. The van der Waals surface area contributed by atoms with E-state index in [0.29, 0.717) is 5.69 Å². The van der Waals surface area contributed by atoms with Crippen LogP contribution in [0.15, 0.2) is 51.8 Å². The fourth-order valence-electron chi connectivity index (χ4n) is 1.58. The SMILES string of the molecule is Nc1ccc(S(=O)(=O)Nc2ccc(Br)c([N+](=O)[O-])c2)cc1. The molecule has 0 aliphatic heterocycles. The van der Waals surface area contributed by atoms with Gasteiger partial charge in [0.1, 0.15) is 0 Å². The quantitative estimate of drug-likeness (QED) is 0.486. The first-order valence-corrected chi connectivity index (χ1v) is 7.89. The van der Waals surface area contributed by atoms with E-state index in [4.69, 9.17) is 5.73 Å². The van der Waals surface area contributed by atoms with Gasteiger partial charge in [-0.05, 0) is 52.3 Å². The normalized spacial score (nSPS) is 11.1. The molecule has 0 saturated heterocycles. The number of benzene rings is 2. The summed E-state index contributed by atoms with van der Waals surface area (Å²) >= 11 is 3.03. The molecule has 0 atom stereocenters. The predicted molar refractivity (Wildman–Crippen MR) is 82.5 cm³/mol. The zero-order chi connectivity index (χ0) is 15.6. The maximum atomic E-state index is 12.1. The molecule has 2 aromatic carbocycles. The lowest BCUT2D eigenvalue weighted by Crippen LogP contribution is -2.13. The van der Waals surface area contributed by atoms with Crippen LogP contribution in [0.1, 0.15) is 0 Å². The summed E-state index contributed by atoms with van der Waals surface area (Å²) in [7, 11) is -3.83. The van der Waals surface area contributed by atoms with Gasteiger partial charge in [-0.3, -0.25) is 14.8 Å². The molecule has 0 unspecified atom stereocenters. The Morgan fingerprint density at radius 3 is 2.33 bits per heavy atom. The summed E-state index contributed by atoms with van der Waals surface area (Å²) in [4.78, 5) is 10.2. The van der Waals surface area contributed by atoms with Crippen LogP contribution in [0.25, 0.3) is 0 Å². The highest BCUT2D eigenvalue weighted by Crippen LogP contribution is 2.29. The molecule has 0 saturated carbocycles. The van der Waals surface area contributed by atoms with Crippen LogP contribution in [-0.2, 0) is 10.0 Å². The minimum Gasteiger partial charge on any atom is -0.399 e. The number of rotatable bonds is 4. The molecule has 0 fully saturated rings. The molecular formula is C12H10BrN3O4S. The van der Waals surface area contributed by atoms with Crippen LogP contribution < -0.4 is 10.5 Å². The minimum absolute atomic E-state index is 0.0160. The van der Waals surface area contributed by atoms with Crippen LogP contribution in [-0.4, -0.2) is 13.3 Å². The molecule has 0 aliphatic rings. The predicted octanol–water partition coefficient (Wildman–Crippen LogP) is 2.74. The van der Waals surface area contributed by atoms with Gasteiger partial charge in [0.05, 0.1) is 20.0 Å². The number of nitro benzene ring substituents is 1. The lowest BCUT2D eigenvalue weighted by molar-refractivity contribution is -0.385. The van der Waals surface area contributed by atoms with E-state index in [2.05, 4.69) is 20.7 Å². The summed E-state index contributed by atoms with van der Waals surface area (Å²) in [5.41, 5.74) is 5.80. The van der Waals surface area contributed by atoms with Gasteiger partial charge in [-0.25, -0.2) is 8.42 Å². The van der Waals surface area contributed by atoms with E-state index in [1.165, 1.54) is 36.4 Å². The van der Waals surface area contributed by atoms with Crippen molar-refractivity contribution in [3.05, 3.63) is 57.1 Å². The molecule has 0 bridgehead atoms. The van der Waals surface area contributed by atoms with Crippen molar-refractivity contribution in [3.63, 3.8) is 0 Å². The van der Waals surface area contributed by atoms with E-state index in [-0.39, 0.29) is 20.7 Å². The van der Waals surface area contributed by atoms with Gasteiger partial charge in [0.15, 0.2) is 0 Å². The van der Waals surface area contributed by atoms with Crippen molar-refractivity contribution in [2.45, 2.75) is 4.90 Å². The van der Waals surface area contributed by atoms with Crippen molar-refractivity contribution in [1.82, 2.24) is 0 Å². The molecule has 110 valence electrons. The number of anilines is 2. The van der Waals surface area contributed by atoms with Crippen LogP contribution in [0.2, 0.25) is 0 Å². The number of nitrogens with one attached hydrogen (secondary N) is 1. The molecule has 21 heavy (non-hydrogen) atoms. The van der Waals surface area contributed by atoms with E-state index < -0.39 is 14.9 Å². The third-order valence-corrected chi connectivity index (χ3v) is 4.65. The first-order valence-electron chi connectivity index (χ1n) is 5.62. The topological polar surface area (TPSA) is 115 Å². The number of halogens is 1. The number of nitrogens with two attached hydrogens (primary N) is 1. The molecule has 2 aromatic rings. The summed E-state index contributed by atoms with van der Waals surface area (Å²) in [5.74, 6) is 0. The highest BCUT2D eigenvalue weighted by Gasteiger charge is 2.17. The Kier molecular flexibility index (Phi) is 4.14. The van der Waals surface area contributed by atoms with E-state index in [9.17, 15) is 18.5 Å². The second kappa shape index (κ2) is 5.70. The second-order valence-corrected chi connectivity index (χ2v) is 6.63. The van der Waals surface area contributed by atoms with Crippen LogP contribution >= 0.6 is 15.9 Å². The molecule has 9 heteroatoms. The van der Waals surface area contributed by atoms with Crippen molar-refractivity contribution in [2.75, 3.05) is 10.5 Å². The molecule has 0 aromatic heterocycles. The Labute approximate surface area is 129 Å². The zero-order valence-electron chi connectivity index (χ0n) is 10.5. The standard InChI is InChI=1S/C12H10BrN3O4S/c13-11-6-3-9(7-12(11)16(17)18)15-21(19,20)10-4-1-8(14)2-5-10/h1-7,15H,14H2. The second-order valence-electron chi connectivity index (χ2n) is 4.10. The molecule has 0 aliphatic carbocycles. The van der Waals surface area contributed by atoms with Gasteiger partial charge >= 0.3 is 0 Å². The van der Waals surface area contributed by atoms with Crippen LogP contribution in [0, 0.1) is 10.1 Å². The number of sulfonamides is 1. The van der Waals surface area contributed by atoms with E-state index in [0.717, 1.165) is 6.07 Å². The number of hydrogen-bond donors (Lipinski definition) is 2. The van der Waals surface area contributed by atoms with Crippen molar-refractivity contribution in [3.8, 4) is 0 Å². The van der Waals surface area contributed by atoms with Gasteiger partial charge in [-0.1, -0.05) is 0 Å². The van der Waals surface area contributed by atoms with Gasteiger partial charge < -0.3 is 5.73 Å². The number of nitrogen functional groups attached to an aromatic ring is 1. The van der Waals surface area contributed by atoms with Gasteiger partial charge in [-0.2, -0.15) is 0 Å². The van der Waals surface area contributed by atoms with Gasteiger partial charge in [0.25, 0.3) is 15.7 Å². The molecule has 0 heterocycles. The summed E-state index contributed by atoms with van der Waals surface area (Å²) in [6.45, 7) is 0. The zero-order valence-corrected chi connectivity index (χ0v) is 12.9. The molecule has 2 rings (SSSR count). The summed E-state index contributed by atoms with van der Waals surface area (Å²) in [6.07, 6.45) is 0. The lowest BCUT2D eigenvalue weighted by Gasteiger charge is -2.08. The van der Waals surface area contributed by atoms with Crippen LogP contribution in [0.4, 0.5) is 17.1 Å². The Bertz CT molecular complexity index is 791. The molecule has 7 nitrogen and oxygen atoms in total. The fourth-order valence-corrected chi connectivity index (χ4v) is 3.02. The number of nitrogens with zero attached hydrogens (tertiary/aromatic N) is 1. The van der Waals surface area contributed by atoms with E-state index in [1.54, 1.807) is 0 Å². The van der Waals surface area contributed by atoms with Gasteiger partial charge in [0, 0.05) is 11.8 Å². The van der Waals surface area contributed by atoms with Gasteiger partial charge in [0.2, 0.25) is 0 Å². The smallest absolute Gasteiger partial charge is 0.285 e. The third-order valence-electron chi connectivity index (χ3n) is 2.59. The van der Waals surface area contributed by atoms with Crippen LogP contribution in [0.3, 0.4) is 0 Å². The highest BCUT2D eigenvalue weighted by molar-refractivity contribution is 9.10. The fraction of sp³-hybridized carbons (Fsp3) is 0. The van der Waals surface area contributed by atoms with Crippen molar-refractivity contribution >= 4 is 43.0 Å². The maximum Gasteiger partial charge on any atom is 0.285 e. The first-order chi connectivity index (χ1) is 9.79.